The Labute approximate surface area is 153 Å². The number of rotatable bonds is 5. The second-order valence-electron chi connectivity index (χ2n) is 6.63. The smallest absolute Gasteiger partial charge is 0.228 e. The molecule has 26 heavy (non-hydrogen) atoms. The van der Waals surface area contributed by atoms with Gasteiger partial charge in [-0.15, -0.1) is 0 Å². The fourth-order valence-corrected chi connectivity index (χ4v) is 3.17. The minimum absolute atomic E-state index is 0.0672. The Morgan fingerprint density at radius 3 is 2.81 bits per heavy atom. The van der Waals surface area contributed by atoms with Crippen LogP contribution in [0.1, 0.15) is 24.6 Å². The number of phenolic OH excluding ortho intramolecular Hbond substituents is 1. The van der Waals surface area contributed by atoms with Crippen LogP contribution >= 0.6 is 0 Å². The van der Waals surface area contributed by atoms with Crippen LogP contribution in [0.3, 0.4) is 0 Å². The number of pyridine rings is 1. The number of carbonyl (C=O) groups is 2. The highest BCUT2D eigenvalue weighted by Gasteiger charge is 2.36. The van der Waals surface area contributed by atoms with Crippen molar-refractivity contribution in [3.05, 3.63) is 53.9 Å². The molecule has 3 rings (SSSR count). The third-order valence-corrected chi connectivity index (χ3v) is 4.69. The molecule has 1 aliphatic heterocycles. The third kappa shape index (κ3) is 3.85. The maximum atomic E-state index is 12.7. The van der Waals surface area contributed by atoms with Gasteiger partial charge in [0.1, 0.15) is 5.75 Å². The summed E-state index contributed by atoms with van der Waals surface area (Å²) >= 11 is 0. The number of phenols is 1. The lowest BCUT2D eigenvalue weighted by molar-refractivity contribution is -0.135. The highest BCUT2D eigenvalue weighted by atomic mass is 16.3. The summed E-state index contributed by atoms with van der Waals surface area (Å²) in [5, 5.41) is 9.60. The van der Waals surface area contributed by atoms with Crippen LogP contribution in [0, 0.1) is 5.92 Å². The Kier molecular flexibility index (Phi) is 5.21. The highest BCUT2D eigenvalue weighted by Crippen LogP contribution is 2.28. The van der Waals surface area contributed by atoms with Gasteiger partial charge in [-0.2, -0.15) is 0 Å². The molecule has 1 N–H and O–H groups in total. The van der Waals surface area contributed by atoms with Gasteiger partial charge in [0.05, 0.1) is 18.2 Å². The van der Waals surface area contributed by atoms with Crippen LogP contribution in [0.25, 0.3) is 0 Å². The quantitative estimate of drug-likeness (QED) is 0.895. The van der Waals surface area contributed by atoms with E-state index in [-0.39, 0.29) is 29.9 Å². The first-order chi connectivity index (χ1) is 12.5. The summed E-state index contributed by atoms with van der Waals surface area (Å²) < 4.78 is 0. The van der Waals surface area contributed by atoms with Gasteiger partial charge >= 0.3 is 0 Å². The minimum atomic E-state index is -0.384. The number of anilines is 1. The van der Waals surface area contributed by atoms with Gasteiger partial charge in [0.2, 0.25) is 11.8 Å². The summed E-state index contributed by atoms with van der Waals surface area (Å²) in [6.07, 6.45) is 2.94. The van der Waals surface area contributed by atoms with Crippen LogP contribution in [-0.4, -0.2) is 40.4 Å². The van der Waals surface area contributed by atoms with E-state index in [2.05, 4.69) is 11.9 Å². The number of amides is 2. The molecule has 1 aliphatic rings. The van der Waals surface area contributed by atoms with E-state index in [4.69, 9.17) is 0 Å². The predicted octanol–water partition coefficient (Wildman–Crippen LogP) is 2.36. The Hall–Kier alpha value is -2.89. The zero-order valence-electron chi connectivity index (χ0n) is 15.1. The van der Waals surface area contributed by atoms with Crippen molar-refractivity contribution in [3.8, 4) is 5.75 Å². The van der Waals surface area contributed by atoms with Crippen LogP contribution in [0.5, 0.6) is 5.75 Å². The molecular formula is C20H23N3O3. The van der Waals surface area contributed by atoms with Crippen molar-refractivity contribution in [1.29, 1.82) is 0 Å². The second-order valence-corrected chi connectivity index (χ2v) is 6.63. The van der Waals surface area contributed by atoms with Gasteiger partial charge in [-0.1, -0.05) is 19.1 Å². The van der Waals surface area contributed by atoms with Crippen molar-refractivity contribution < 1.29 is 14.7 Å². The van der Waals surface area contributed by atoms with Crippen LogP contribution in [0.2, 0.25) is 0 Å². The minimum Gasteiger partial charge on any atom is -0.508 e. The molecule has 0 bridgehead atoms. The fourth-order valence-electron chi connectivity index (χ4n) is 3.17. The molecule has 0 aliphatic carbocycles. The number of benzene rings is 1. The summed E-state index contributed by atoms with van der Waals surface area (Å²) in [5.74, 6) is -0.455. The Morgan fingerprint density at radius 1 is 1.35 bits per heavy atom. The van der Waals surface area contributed by atoms with E-state index in [0.29, 0.717) is 18.8 Å². The summed E-state index contributed by atoms with van der Waals surface area (Å²) in [5.41, 5.74) is 2.60. The standard InChI is InChI=1S/C20H23N3O3/c1-3-14-7-8-16(21-11-14)13-22(2)20(26)15-9-19(25)23(12-15)17-5-4-6-18(24)10-17/h4-8,10-11,15,24H,3,9,12-13H2,1-2H3/t15-/m1/s1. The third-order valence-electron chi connectivity index (χ3n) is 4.69. The maximum absolute atomic E-state index is 12.7. The molecule has 136 valence electrons. The van der Waals surface area contributed by atoms with Crippen LogP contribution < -0.4 is 4.90 Å². The molecule has 2 heterocycles. The number of hydrogen-bond acceptors (Lipinski definition) is 4. The lowest BCUT2D eigenvalue weighted by Gasteiger charge is -2.21. The molecule has 1 atom stereocenters. The van der Waals surface area contributed by atoms with Crippen LogP contribution in [0.4, 0.5) is 5.69 Å². The van der Waals surface area contributed by atoms with E-state index in [9.17, 15) is 14.7 Å². The van der Waals surface area contributed by atoms with E-state index in [0.717, 1.165) is 17.7 Å². The summed E-state index contributed by atoms with van der Waals surface area (Å²) in [7, 11) is 1.74. The topological polar surface area (TPSA) is 73.7 Å². The molecule has 0 saturated carbocycles. The largest absolute Gasteiger partial charge is 0.508 e. The zero-order chi connectivity index (χ0) is 18.7. The lowest BCUT2D eigenvalue weighted by atomic mass is 10.1. The van der Waals surface area contributed by atoms with Crippen LogP contribution in [-0.2, 0) is 22.6 Å². The molecule has 0 spiro atoms. The van der Waals surface area contributed by atoms with Crippen molar-refractivity contribution in [2.45, 2.75) is 26.3 Å². The fraction of sp³-hybridized carbons (Fsp3) is 0.350. The van der Waals surface area contributed by atoms with E-state index in [1.54, 1.807) is 35.0 Å². The van der Waals surface area contributed by atoms with Gasteiger partial charge in [0, 0.05) is 38.0 Å². The maximum Gasteiger partial charge on any atom is 0.228 e. The first kappa shape index (κ1) is 17.9. The van der Waals surface area contributed by atoms with Crippen molar-refractivity contribution in [2.24, 2.45) is 5.92 Å². The number of hydrogen-bond donors (Lipinski definition) is 1. The van der Waals surface area contributed by atoms with Gasteiger partial charge in [0.25, 0.3) is 0 Å². The summed E-state index contributed by atoms with van der Waals surface area (Å²) in [6.45, 7) is 2.81. The average molecular weight is 353 g/mol. The van der Waals surface area contributed by atoms with Gasteiger partial charge in [-0.05, 0) is 30.2 Å². The molecule has 1 fully saturated rings. The molecule has 1 aromatic heterocycles. The zero-order valence-corrected chi connectivity index (χ0v) is 15.1. The Bertz CT molecular complexity index is 804. The lowest BCUT2D eigenvalue weighted by Crippen LogP contribution is -2.34. The number of aryl methyl sites for hydroxylation is 1. The van der Waals surface area contributed by atoms with Crippen molar-refractivity contribution in [1.82, 2.24) is 9.88 Å². The van der Waals surface area contributed by atoms with E-state index >= 15 is 0 Å². The average Bonchev–Trinajstić information content (AvgIpc) is 3.03. The van der Waals surface area contributed by atoms with E-state index in [1.165, 1.54) is 6.07 Å². The molecule has 1 aromatic carbocycles. The van der Waals surface area contributed by atoms with Gasteiger partial charge in [0.15, 0.2) is 0 Å². The molecule has 6 heteroatoms. The first-order valence-electron chi connectivity index (χ1n) is 8.76. The summed E-state index contributed by atoms with van der Waals surface area (Å²) in [4.78, 5) is 32.6. The molecule has 0 unspecified atom stereocenters. The second kappa shape index (κ2) is 7.56. The van der Waals surface area contributed by atoms with Gasteiger partial charge < -0.3 is 14.9 Å². The summed E-state index contributed by atoms with van der Waals surface area (Å²) in [6, 6.07) is 10.5. The Morgan fingerprint density at radius 2 is 2.15 bits per heavy atom. The number of aromatic hydroxyl groups is 1. The number of carbonyl (C=O) groups excluding carboxylic acids is 2. The van der Waals surface area contributed by atoms with Gasteiger partial charge in [-0.3, -0.25) is 14.6 Å². The molecule has 2 amide bonds. The number of nitrogens with zero attached hydrogens (tertiary/aromatic N) is 3. The predicted molar refractivity (Wildman–Crippen MR) is 98.7 cm³/mol. The number of aromatic nitrogens is 1. The SMILES string of the molecule is CCc1ccc(CN(C)C(=O)[C@@H]2CC(=O)N(c3cccc(O)c3)C2)nc1. The normalized spacial score (nSPS) is 16.8. The monoisotopic (exact) mass is 353 g/mol. The van der Waals surface area contributed by atoms with Gasteiger partial charge in [-0.25, -0.2) is 0 Å². The van der Waals surface area contributed by atoms with Crippen molar-refractivity contribution in [2.75, 3.05) is 18.5 Å². The van der Waals surface area contributed by atoms with Crippen molar-refractivity contribution >= 4 is 17.5 Å². The first-order valence-corrected chi connectivity index (χ1v) is 8.76. The molecular weight excluding hydrogens is 330 g/mol. The van der Waals surface area contributed by atoms with E-state index in [1.807, 2.05) is 18.3 Å². The van der Waals surface area contributed by atoms with Crippen molar-refractivity contribution in [3.63, 3.8) is 0 Å². The molecule has 2 aromatic rings. The Balaban J connectivity index is 1.65. The molecule has 0 radical (unpaired) electrons. The van der Waals surface area contributed by atoms with E-state index < -0.39 is 0 Å². The highest BCUT2D eigenvalue weighted by molar-refractivity contribution is 6.00. The molecule has 6 nitrogen and oxygen atoms in total. The molecule has 1 saturated heterocycles. The van der Waals surface area contributed by atoms with Crippen LogP contribution in [0.15, 0.2) is 42.6 Å².